The van der Waals surface area contributed by atoms with E-state index in [4.69, 9.17) is 4.84 Å². The zero-order valence-electron chi connectivity index (χ0n) is 36.0. The van der Waals surface area contributed by atoms with Gasteiger partial charge in [-0.1, -0.05) is 12.1 Å². The fourth-order valence-electron chi connectivity index (χ4n) is 8.96. The van der Waals surface area contributed by atoms with Gasteiger partial charge < -0.3 is 38.4 Å². The summed E-state index contributed by atoms with van der Waals surface area (Å²) in [7, 11) is -9.87. The van der Waals surface area contributed by atoms with Gasteiger partial charge in [-0.3, -0.25) is 33.1 Å². The van der Waals surface area contributed by atoms with Crippen molar-refractivity contribution in [1.29, 1.82) is 0 Å². The third-order valence-electron chi connectivity index (χ3n) is 12.2. The number of nitrogens with one attached hydrogen (secondary N) is 3. The highest BCUT2D eigenvalue weighted by atomic mass is 32.3. The Bertz CT molecular complexity index is 2940. The van der Waals surface area contributed by atoms with Crippen LogP contribution in [0.4, 0.5) is 8.63 Å². The van der Waals surface area contributed by atoms with Crippen LogP contribution in [0.2, 0.25) is 0 Å². The van der Waals surface area contributed by atoms with Gasteiger partial charge in [0.2, 0.25) is 17.7 Å². The number of carbonyl (C=O) groups excluding carboxylic acids is 6. The first kappa shape index (κ1) is 48.1. The summed E-state index contributed by atoms with van der Waals surface area (Å²) >= 11 is 0.300. The summed E-state index contributed by atoms with van der Waals surface area (Å²) in [6.07, 6.45) is 0.229. The second-order valence-corrected chi connectivity index (χ2v) is 20.5. The molecule has 8 rings (SSSR count). The summed E-state index contributed by atoms with van der Waals surface area (Å²) < 4.78 is 102. The Labute approximate surface area is 381 Å². The van der Waals surface area contributed by atoms with Crippen molar-refractivity contribution in [1.82, 2.24) is 25.5 Å². The molecular weight excluding hydrogens is 929 g/mol. The van der Waals surface area contributed by atoms with Gasteiger partial charge in [-0.25, -0.2) is 4.79 Å². The van der Waals surface area contributed by atoms with Gasteiger partial charge in [0.15, 0.2) is 5.70 Å². The van der Waals surface area contributed by atoms with E-state index >= 15 is 8.63 Å². The maximum absolute atomic E-state index is 17.4. The number of hydroxylamine groups is 2. The third kappa shape index (κ3) is 9.13. The zero-order chi connectivity index (χ0) is 48.2. The monoisotopic (exact) mass is 974 g/mol. The number of imide groups is 1. The molecule has 66 heavy (non-hydrogen) atoms. The average Bonchev–Trinajstić information content (AvgIpc) is 3.96. The molecule has 1 unspecified atom stereocenters. The van der Waals surface area contributed by atoms with Crippen molar-refractivity contribution in [3.05, 3.63) is 85.7 Å². The molecule has 5 aliphatic rings. The summed E-state index contributed by atoms with van der Waals surface area (Å²) in [6, 6.07) is 5.15. The van der Waals surface area contributed by atoms with Crippen molar-refractivity contribution < 1.29 is 72.7 Å². The van der Waals surface area contributed by atoms with E-state index in [1.807, 2.05) is 0 Å². The molecule has 1 saturated heterocycles. The number of aromatic nitrogens is 1. The molecule has 6 bridgehead atoms. The van der Waals surface area contributed by atoms with E-state index in [1.54, 1.807) is 20.8 Å². The molecule has 1 fully saturated rings. The van der Waals surface area contributed by atoms with Crippen LogP contribution in [0.1, 0.15) is 109 Å². The molecule has 0 aliphatic carbocycles. The lowest BCUT2D eigenvalue weighted by molar-refractivity contribution is -0.363. The fourth-order valence-corrected chi connectivity index (χ4v) is 11.9. The van der Waals surface area contributed by atoms with E-state index < -0.39 is 78.5 Å². The Kier molecular flexibility index (Phi) is 13.2. The Hall–Kier alpha value is -5.89. The minimum atomic E-state index is -4.99. The first-order valence-corrected chi connectivity index (χ1v) is 24.5. The lowest BCUT2D eigenvalue weighted by Gasteiger charge is -2.34. The maximum atomic E-state index is 17.4. The van der Waals surface area contributed by atoms with E-state index in [0.29, 0.717) is 68.7 Å². The summed E-state index contributed by atoms with van der Waals surface area (Å²) in [5, 5.41) is 8.32. The molecule has 19 nitrogen and oxygen atoms in total. The van der Waals surface area contributed by atoms with Crippen LogP contribution in [-0.4, -0.2) is 101 Å². The SMILES string of the molecule is CC1=C2CCC(=O)NCCCCC(C(=O)NCc3sc(S(=O)(=O)O)cc3S(=O)(=O)O)NC(=O)CCc3c(C)c4n(c3C)[B-](F)(F)[N+](=C2C)C1=C4c1ccc(C(=O)ON2C(=O)CCC2=O)cc1. The molecule has 0 radical (unpaired) electrons. The Balaban J connectivity index is 1.23. The van der Waals surface area contributed by atoms with Crippen LogP contribution >= 0.6 is 11.3 Å². The standard InChI is InChI=1S/C41H45BF2N6O13S3/c1-21-27-12-14-32(51)45-18-6-5-7-29(40(55)46-20-30-31(65(57,58)59)19-36(64-30)66(60,61)62)47-33(52)15-13-28-22(2)39-37(38(21)48(23(27)3)42(43,44)49(39)24(28)4)25-8-10-26(11-9-25)41(56)63-50-34(53)16-17-35(50)54/h8-11,19,29H,5-7,12-18,20H2,1-4H3,(H,45,51)(H,46,55)(H,47,52)(H,57,58,59)(H,60,61,62). The molecule has 5 N–H and O–H groups in total. The van der Waals surface area contributed by atoms with Crippen molar-refractivity contribution >= 4 is 85.3 Å². The number of halogens is 2. The summed E-state index contributed by atoms with van der Waals surface area (Å²) in [5.41, 5.74) is 3.43. The summed E-state index contributed by atoms with van der Waals surface area (Å²) in [6.45, 7) is 1.40. The molecule has 2 aromatic heterocycles. The number of hydrogen-bond acceptors (Lipinski definition) is 12. The quantitative estimate of drug-likeness (QED) is 0.123. The number of carbonyl (C=O) groups is 6. The first-order valence-electron chi connectivity index (χ1n) is 20.8. The normalized spacial score (nSPS) is 19.8. The molecule has 1 aromatic carbocycles. The third-order valence-corrected chi connectivity index (χ3v) is 15.7. The number of nitrogens with zero attached hydrogens (tertiary/aromatic N) is 3. The van der Waals surface area contributed by atoms with Gasteiger partial charge in [-0.2, -0.15) is 16.8 Å². The molecule has 1 atom stereocenters. The summed E-state index contributed by atoms with van der Waals surface area (Å²) in [5.74, 6) is -4.13. The number of amides is 5. The van der Waals surface area contributed by atoms with Crippen molar-refractivity contribution in [2.45, 2.75) is 107 Å². The maximum Gasteiger partial charge on any atom is 0.737 e. The van der Waals surface area contributed by atoms with Gasteiger partial charge in [0.25, 0.3) is 21.9 Å². The van der Waals surface area contributed by atoms with Crippen molar-refractivity contribution in [3.63, 3.8) is 0 Å². The molecule has 352 valence electrons. The minimum absolute atomic E-state index is 0.0250. The molecular formula is C41H45BF2N6O13S3. The van der Waals surface area contributed by atoms with Crippen LogP contribution in [0.3, 0.4) is 0 Å². The molecule has 0 spiro atoms. The van der Waals surface area contributed by atoms with Crippen LogP contribution in [0.25, 0.3) is 5.57 Å². The second-order valence-electron chi connectivity index (χ2n) is 16.3. The van der Waals surface area contributed by atoms with Crippen molar-refractivity contribution in [2.75, 3.05) is 6.54 Å². The Morgan fingerprint density at radius 2 is 1.56 bits per heavy atom. The predicted molar refractivity (Wildman–Crippen MR) is 232 cm³/mol. The van der Waals surface area contributed by atoms with Crippen LogP contribution in [0, 0.1) is 13.8 Å². The summed E-state index contributed by atoms with van der Waals surface area (Å²) in [4.78, 5) is 81.6. The van der Waals surface area contributed by atoms with Crippen LogP contribution in [0.15, 0.2) is 56.3 Å². The molecule has 25 heteroatoms. The van der Waals surface area contributed by atoms with E-state index in [-0.39, 0.29) is 90.6 Å². The van der Waals surface area contributed by atoms with Gasteiger partial charge in [0.1, 0.15) is 20.9 Å². The smallest absolute Gasteiger partial charge is 0.393 e. The highest BCUT2D eigenvalue weighted by Crippen LogP contribution is 2.47. The highest BCUT2D eigenvalue weighted by Gasteiger charge is 2.57. The van der Waals surface area contributed by atoms with Crippen LogP contribution in [0.5, 0.6) is 0 Å². The van der Waals surface area contributed by atoms with E-state index in [1.165, 1.54) is 31.2 Å². The van der Waals surface area contributed by atoms with Crippen molar-refractivity contribution in [2.24, 2.45) is 0 Å². The molecule has 5 aliphatic heterocycles. The number of allylic oxidation sites excluding steroid dienone is 2. The van der Waals surface area contributed by atoms with E-state index in [0.717, 1.165) is 8.96 Å². The lowest BCUT2D eigenvalue weighted by atomic mass is 9.83. The zero-order valence-corrected chi connectivity index (χ0v) is 38.5. The largest absolute Gasteiger partial charge is 0.737 e. The predicted octanol–water partition coefficient (Wildman–Crippen LogP) is 3.49. The second kappa shape index (κ2) is 18.1. The number of rotatable bonds is 8. The number of benzene rings is 1. The topological polar surface area (TPSA) is 268 Å². The molecule has 7 heterocycles. The van der Waals surface area contributed by atoms with Gasteiger partial charge >= 0.3 is 23.1 Å². The number of hydrogen-bond donors (Lipinski definition) is 5. The van der Waals surface area contributed by atoms with Crippen molar-refractivity contribution in [3.8, 4) is 0 Å². The van der Waals surface area contributed by atoms with Gasteiger partial charge in [0.05, 0.1) is 17.7 Å². The minimum Gasteiger partial charge on any atom is -0.393 e. The number of thiophene rings is 1. The van der Waals surface area contributed by atoms with Crippen LogP contribution in [-0.2, 0) is 62.0 Å². The average molecular weight is 975 g/mol. The Morgan fingerprint density at radius 3 is 2.20 bits per heavy atom. The van der Waals surface area contributed by atoms with Gasteiger partial charge in [-0.15, -0.1) is 16.4 Å². The van der Waals surface area contributed by atoms with E-state index in [9.17, 15) is 54.7 Å². The molecule has 0 saturated carbocycles. The fraction of sp³-hybridized carbons (Fsp3) is 0.390. The van der Waals surface area contributed by atoms with Gasteiger partial charge in [-0.05, 0) is 93.5 Å². The molecule has 5 amide bonds. The lowest BCUT2D eigenvalue weighted by Crippen LogP contribution is -2.51. The molecule has 3 aromatic rings. The van der Waals surface area contributed by atoms with Crippen LogP contribution < -0.4 is 16.0 Å². The first-order chi connectivity index (χ1) is 30.9. The van der Waals surface area contributed by atoms with Gasteiger partial charge in [0, 0.05) is 60.9 Å². The van der Waals surface area contributed by atoms with E-state index in [2.05, 4.69) is 16.0 Å². The Morgan fingerprint density at radius 1 is 0.909 bits per heavy atom. The number of fused-ring (bicyclic) bond motifs is 12. The highest BCUT2D eigenvalue weighted by molar-refractivity contribution is 7.88.